The van der Waals surface area contributed by atoms with Crippen LogP contribution < -0.4 is 0 Å². The Kier molecular flexibility index (Phi) is 6.39. The lowest BCUT2D eigenvalue weighted by Crippen LogP contribution is -2.12. The molecule has 1 aromatic carbocycles. The topological polar surface area (TPSA) is 89.9 Å². The molecule has 0 saturated carbocycles. The molecule has 0 aliphatic heterocycles. The molecule has 1 rings (SSSR count). The molecule has 114 valence electrons. The van der Waals surface area contributed by atoms with E-state index >= 15 is 0 Å². The van der Waals surface area contributed by atoms with Crippen LogP contribution in [0.4, 0.5) is 0 Å². The van der Waals surface area contributed by atoms with Gasteiger partial charge in [0.2, 0.25) is 0 Å². The number of carboxylic acids is 1. The summed E-state index contributed by atoms with van der Waals surface area (Å²) in [6.45, 7) is 3.86. The van der Waals surface area contributed by atoms with Crippen molar-refractivity contribution in [1.82, 2.24) is 0 Å². The van der Waals surface area contributed by atoms with Crippen LogP contribution >= 0.6 is 0 Å². The summed E-state index contributed by atoms with van der Waals surface area (Å²) in [5.74, 6) is -2.09. The second kappa shape index (κ2) is 8.04. The first-order valence-electron chi connectivity index (χ1n) is 6.68. The average molecular weight is 294 g/mol. The van der Waals surface area contributed by atoms with Crippen molar-refractivity contribution < 1.29 is 29.0 Å². The Labute approximate surface area is 122 Å². The maximum Gasteiger partial charge on any atom is 0.338 e. The van der Waals surface area contributed by atoms with Gasteiger partial charge >= 0.3 is 17.9 Å². The van der Waals surface area contributed by atoms with E-state index in [1.807, 2.05) is 0 Å². The van der Waals surface area contributed by atoms with Crippen LogP contribution in [0.3, 0.4) is 0 Å². The van der Waals surface area contributed by atoms with Crippen LogP contribution in [-0.2, 0) is 20.7 Å². The summed E-state index contributed by atoms with van der Waals surface area (Å²) in [6.07, 6.45) is 0.402. The molecule has 0 heterocycles. The summed E-state index contributed by atoms with van der Waals surface area (Å²) in [6, 6.07) is 4.18. The summed E-state index contributed by atoms with van der Waals surface area (Å²) in [4.78, 5) is 34.2. The Hall–Kier alpha value is -2.37. The van der Waals surface area contributed by atoms with E-state index in [0.29, 0.717) is 12.2 Å². The van der Waals surface area contributed by atoms with E-state index in [1.54, 1.807) is 13.8 Å². The van der Waals surface area contributed by atoms with Gasteiger partial charge in [-0.05, 0) is 38.0 Å². The molecule has 1 N–H and O–H groups in total. The fraction of sp³-hybridized carbons (Fsp3) is 0.400. The van der Waals surface area contributed by atoms with Gasteiger partial charge in [0.25, 0.3) is 0 Å². The summed E-state index contributed by atoms with van der Waals surface area (Å²) in [5.41, 5.74) is 0.727. The van der Waals surface area contributed by atoms with Crippen molar-refractivity contribution in [3.05, 3.63) is 34.9 Å². The molecule has 0 radical (unpaired) electrons. The molecule has 0 unspecified atom stereocenters. The van der Waals surface area contributed by atoms with Crippen LogP contribution in [0.2, 0.25) is 0 Å². The van der Waals surface area contributed by atoms with E-state index in [4.69, 9.17) is 14.6 Å². The minimum atomic E-state index is -1.13. The minimum Gasteiger partial charge on any atom is -0.478 e. The normalized spacial score (nSPS) is 10.0. The first-order valence-corrected chi connectivity index (χ1v) is 6.68. The lowest BCUT2D eigenvalue weighted by Gasteiger charge is -2.10. The van der Waals surface area contributed by atoms with Gasteiger partial charge in [-0.3, -0.25) is 4.79 Å². The Bertz CT molecular complexity index is 535. The molecule has 6 nitrogen and oxygen atoms in total. The highest BCUT2D eigenvalue weighted by Crippen LogP contribution is 2.16. The molecule has 0 atom stereocenters. The Morgan fingerprint density at radius 2 is 1.76 bits per heavy atom. The third kappa shape index (κ3) is 4.91. The SMILES string of the molecule is CCOC(=O)CCc1ccc(C(=O)O)cc1C(=O)OCC. The van der Waals surface area contributed by atoms with E-state index < -0.39 is 11.9 Å². The molecular formula is C15H18O6. The monoisotopic (exact) mass is 294 g/mol. The zero-order chi connectivity index (χ0) is 15.8. The van der Waals surface area contributed by atoms with Crippen molar-refractivity contribution in [3.63, 3.8) is 0 Å². The molecule has 0 aromatic heterocycles. The molecular weight excluding hydrogens is 276 g/mol. The second-order valence-corrected chi connectivity index (χ2v) is 4.20. The lowest BCUT2D eigenvalue weighted by molar-refractivity contribution is -0.143. The van der Waals surface area contributed by atoms with Crippen molar-refractivity contribution in [2.24, 2.45) is 0 Å². The van der Waals surface area contributed by atoms with Gasteiger partial charge in [0.05, 0.1) is 24.3 Å². The molecule has 0 amide bonds. The number of rotatable bonds is 7. The van der Waals surface area contributed by atoms with Crippen LogP contribution in [0, 0.1) is 0 Å². The standard InChI is InChI=1S/C15H18O6/c1-3-20-13(16)8-7-10-5-6-11(14(17)18)9-12(10)15(19)21-4-2/h5-6,9H,3-4,7-8H2,1-2H3,(H,17,18). The average Bonchev–Trinajstić information content (AvgIpc) is 2.45. The van der Waals surface area contributed by atoms with Crippen LogP contribution in [-0.4, -0.2) is 36.2 Å². The predicted molar refractivity (Wildman–Crippen MR) is 74.3 cm³/mol. The number of ether oxygens (including phenoxy) is 2. The van der Waals surface area contributed by atoms with Crippen molar-refractivity contribution >= 4 is 17.9 Å². The molecule has 0 spiro atoms. The Morgan fingerprint density at radius 3 is 2.33 bits per heavy atom. The van der Waals surface area contributed by atoms with Gasteiger partial charge in [0.1, 0.15) is 0 Å². The number of hydrogen-bond acceptors (Lipinski definition) is 5. The number of aryl methyl sites for hydroxylation is 1. The van der Waals surface area contributed by atoms with Gasteiger partial charge < -0.3 is 14.6 Å². The van der Waals surface area contributed by atoms with E-state index in [1.165, 1.54) is 18.2 Å². The first-order chi connectivity index (χ1) is 9.99. The second-order valence-electron chi connectivity index (χ2n) is 4.20. The molecule has 6 heteroatoms. The van der Waals surface area contributed by atoms with Crippen LogP contribution in [0.25, 0.3) is 0 Å². The van der Waals surface area contributed by atoms with Gasteiger partial charge in [-0.25, -0.2) is 9.59 Å². The summed E-state index contributed by atoms with van der Waals surface area (Å²) in [7, 11) is 0. The number of carboxylic acid groups (broad SMARTS) is 1. The number of hydrogen-bond donors (Lipinski definition) is 1. The van der Waals surface area contributed by atoms with Crippen molar-refractivity contribution in [2.45, 2.75) is 26.7 Å². The Morgan fingerprint density at radius 1 is 1.10 bits per heavy atom. The van der Waals surface area contributed by atoms with Crippen molar-refractivity contribution in [3.8, 4) is 0 Å². The number of aromatic carboxylic acids is 1. The van der Waals surface area contributed by atoms with Crippen molar-refractivity contribution in [1.29, 1.82) is 0 Å². The van der Waals surface area contributed by atoms with Gasteiger partial charge in [0, 0.05) is 6.42 Å². The highest BCUT2D eigenvalue weighted by molar-refractivity contribution is 5.95. The number of esters is 2. The maximum absolute atomic E-state index is 11.9. The first kappa shape index (κ1) is 16.7. The van der Waals surface area contributed by atoms with Crippen LogP contribution in [0.15, 0.2) is 18.2 Å². The van der Waals surface area contributed by atoms with E-state index in [9.17, 15) is 14.4 Å². The maximum atomic E-state index is 11.9. The predicted octanol–water partition coefficient (Wildman–Crippen LogP) is 2.06. The fourth-order valence-electron chi connectivity index (χ4n) is 1.80. The molecule has 0 bridgehead atoms. The van der Waals surface area contributed by atoms with Crippen molar-refractivity contribution in [2.75, 3.05) is 13.2 Å². The zero-order valence-electron chi connectivity index (χ0n) is 12.0. The largest absolute Gasteiger partial charge is 0.478 e. The van der Waals surface area contributed by atoms with Gasteiger partial charge in [0.15, 0.2) is 0 Å². The van der Waals surface area contributed by atoms with Gasteiger partial charge in [-0.1, -0.05) is 6.07 Å². The third-order valence-corrected chi connectivity index (χ3v) is 2.76. The highest BCUT2D eigenvalue weighted by atomic mass is 16.5. The molecule has 0 aliphatic carbocycles. The summed E-state index contributed by atoms with van der Waals surface area (Å²) < 4.78 is 9.73. The van der Waals surface area contributed by atoms with Gasteiger partial charge in [-0.2, -0.15) is 0 Å². The molecule has 0 aliphatic rings. The van der Waals surface area contributed by atoms with E-state index in [2.05, 4.69) is 0 Å². The number of benzene rings is 1. The highest BCUT2D eigenvalue weighted by Gasteiger charge is 2.16. The summed E-state index contributed by atoms with van der Waals surface area (Å²) in [5, 5.41) is 8.97. The summed E-state index contributed by atoms with van der Waals surface area (Å²) >= 11 is 0. The quantitative estimate of drug-likeness (QED) is 0.774. The molecule has 0 saturated heterocycles. The third-order valence-electron chi connectivity index (χ3n) is 2.76. The molecule has 21 heavy (non-hydrogen) atoms. The molecule has 0 fully saturated rings. The van der Waals surface area contributed by atoms with Crippen LogP contribution in [0.5, 0.6) is 0 Å². The minimum absolute atomic E-state index is 0.00191. The number of carbonyl (C=O) groups is 3. The zero-order valence-corrected chi connectivity index (χ0v) is 12.0. The van der Waals surface area contributed by atoms with E-state index in [0.717, 1.165) is 0 Å². The van der Waals surface area contributed by atoms with E-state index in [-0.39, 0.29) is 36.5 Å². The fourth-order valence-corrected chi connectivity index (χ4v) is 1.80. The van der Waals surface area contributed by atoms with Crippen LogP contribution in [0.1, 0.15) is 46.5 Å². The molecule has 1 aromatic rings. The Balaban J connectivity index is 2.98. The smallest absolute Gasteiger partial charge is 0.338 e. The number of carbonyl (C=O) groups excluding carboxylic acids is 2. The lowest BCUT2D eigenvalue weighted by atomic mass is 10.00. The van der Waals surface area contributed by atoms with Gasteiger partial charge in [-0.15, -0.1) is 0 Å².